The predicted octanol–water partition coefficient (Wildman–Crippen LogP) is 0.598. The van der Waals surface area contributed by atoms with Gasteiger partial charge in [0.1, 0.15) is 0 Å². The van der Waals surface area contributed by atoms with E-state index in [0.29, 0.717) is 13.1 Å². The van der Waals surface area contributed by atoms with Crippen LogP contribution in [0.25, 0.3) is 0 Å². The number of nitrogens with one attached hydrogen (secondary N) is 1. The van der Waals surface area contributed by atoms with E-state index in [2.05, 4.69) is 11.6 Å². The number of nitrogens with zero attached hydrogens (tertiary/aromatic N) is 1. The van der Waals surface area contributed by atoms with Crippen molar-refractivity contribution in [2.75, 3.05) is 19.6 Å². The first-order valence-electron chi connectivity index (χ1n) is 7.37. The van der Waals surface area contributed by atoms with Gasteiger partial charge >= 0.3 is 0 Å². The Morgan fingerprint density at radius 3 is 2.60 bits per heavy atom. The Hall–Kier alpha value is -0.660. The molecule has 1 aliphatic carbocycles. The zero-order valence-electron chi connectivity index (χ0n) is 12.1. The lowest BCUT2D eigenvalue weighted by Gasteiger charge is -2.37. The zero-order valence-corrected chi connectivity index (χ0v) is 12.9. The van der Waals surface area contributed by atoms with Crippen molar-refractivity contribution in [2.24, 2.45) is 16.5 Å². The summed E-state index contributed by atoms with van der Waals surface area (Å²) in [5, 5.41) is 4.95. The Morgan fingerprint density at radius 2 is 2.00 bits per heavy atom. The maximum Gasteiger partial charge on any atom is 0.274 e. The number of carbonyl (C=O) groups excluding carboxylic acids is 1. The minimum Gasteiger partial charge on any atom is -0.342 e. The molecule has 116 valence electrons. The third-order valence-electron chi connectivity index (χ3n) is 4.60. The third-order valence-corrected chi connectivity index (χ3v) is 5.17. The van der Waals surface area contributed by atoms with Crippen molar-refractivity contribution in [1.82, 2.24) is 9.62 Å². The van der Waals surface area contributed by atoms with Crippen LogP contribution in [0, 0.1) is 11.3 Å². The van der Waals surface area contributed by atoms with Crippen molar-refractivity contribution in [2.45, 2.75) is 45.4 Å². The maximum atomic E-state index is 12.6. The molecule has 2 fully saturated rings. The Labute approximate surface area is 121 Å². The summed E-state index contributed by atoms with van der Waals surface area (Å²) in [6.07, 6.45) is 6.08. The Balaban J connectivity index is 1.91. The molecular formula is C13H25N3O3S. The van der Waals surface area contributed by atoms with Gasteiger partial charge in [0.25, 0.3) is 10.2 Å². The van der Waals surface area contributed by atoms with E-state index in [0.717, 1.165) is 45.1 Å². The first-order chi connectivity index (χ1) is 9.30. The summed E-state index contributed by atoms with van der Waals surface area (Å²) in [6.45, 7) is 3.81. The largest absolute Gasteiger partial charge is 0.342 e. The monoisotopic (exact) mass is 303 g/mol. The van der Waals surface area contributed by atoms with Gasteiger partial charge in [0.15, 0.2) is 0 Å². The average Bonchev–Trinajstić information content (AvgIpc) is 2.83. The number of likely N-dealkylation sites (tertiary alicyclic amines) is 1. The molecule has 1 unspecified atom stereocenters. The fourth-order valence-corrected chi connectivity index (χ4v) is 3.87. The van der Waals surface area contributed by atoms with Crippen LogP contribution in [0.15, 0.2) is 0 Å². The van der Waals surface area contributed by atoms with Gasteiger partial charge in [-0.2, -0.15) is 8.42 Å². The Bertz CT molecular complexity index is 457. The topological polar surface area (TPSA) is 92.5 Å². The minimum absolute atomic E-state index is 0.163. The van der Waals surface area contributed by atoms with Crippen LogP contribution in [0.2, 0.25) is 0 Å². The summed E-state index contributed by atoms with van der Waals surface area (Å²) in [5.74, 6) is 0.409. The molecule has 2 rings (SSSR count). The molecule has 3 N–H and O–H groups in total. The highest BCUT2D eigenvalue weighted by molar-refractivity contribution is 7.87. The van der Waals surface area contributed by atoms with Gasteiger partial charge < -0.3 is 4.90 Å². The van der Waals surface area contributed by atoms with Crippen LogP contribution >= 0.6 is 0 Å². The summed E-state index contributed by atoms with van der Waals surface area (Å²) in [5.41, 5.74) is -0.199. The highest BCUT2D eigenvalue weighted by Crippen LogP contribution is 2.39. The molecular weight excluding hydrogens is 278 g/mol. The van der Waals surface area contributed by atoms with E-state index >= 15 is 0 Å². The molecule has 0 aromatic carbocycles. The van der Waals surface area contributed by atoms with Gasteiger partial charge in [0.2, 0.25) is 5.91 Å². The molecule has 1 atom stereocenters. The lowest BCUT2D eigenvalue weighted by Crippen LogP contribution is -2.48. The van der Waals surface area contributed by atoms with E-state index in [1.54, 1.807) is 0 Å². The van der Waals surface area contributed by atoms with E-state index in [1.807, 2.05) is 4.90 Å². The average molecular weight is 303 g/mol. The SMILES string of the molecule is CC1(C(=O)N2CCCC(CNS(N)(=O)=O)C2)CCCC1. The van der Waals surface area contributed by atoms with Crippen LogP contribution in [0.5, 0.6) is 0 Å². The molecule has 1 amide bonds. The maximum absolute atomic E-state index is 12.6. The van der Waals surface area contributed by atoms with Crippen LogP contribution in [0.3, 0.4) is 0 Å². The van der Waals surface area contributed by atoms with Gasteiger partial charge in [0.05, 0.1) is 0 Å². The molecule has 0 bridgehead atoms. The van der Waals surface area contributed by atoms with Crippen LogP contribution in [-0.4, -0.2) is 38.9 Å². The molecule has 7 heteroatoms. The molecule has 20 heavy (non-hydrogen) atoms. The number of amides is 1. The molecule has 6 nitrogen and oxygen atoms in total. The normalized spacial score (nSPS) is 26.7. The molecule has 2 aliphatic rings. The molecule has 0 aromatic rings. The van der Waals surface area contributed by atoms with E-state index in [9.17, 15) is 13.2 Å². The van der Waals surface area contributed by atoms with Crippen LogP contribution in [-0.2, 0) is 15.0 Å². The molecule has 0 spiro atoms. The number of nitrogens with two attached hydrogens (primary N) is 1. The van der Waals surface area contributed by atoms with Crippen LogP contribution < -0.4 is 9.86 Å². The Morgan fingerprint density at radius 1 is 1.35 bits per heavy atom. The van der Waals surface area contributed by atoms with Crippen LogP contribution in [0.4, 0.5) is 0 Å². The van der Waals surface area contributed by atoms with Crippen LogP contribution in [0.1, 0.15) is 45.4 Å². The standard InChI is InChI=1S/C13H25N3O3S/c1-13(6-2-3-7-13)12(17)16-8-4-5-11(10-16)9-15-20(14,18)19/h11,15H,2-10H2,1H3,(H2,14,18,19). The van der Waals surface area contributed by atoms with Gasteiger partial charge in [-0.15, -0.1) is 0 Å². The summed E-state index contributed by atoms with van der Waals surface area (Å²) >= 11 is 0. The second kappa shape index (κ2) is 5.99. The number of carbonyl (C=O) groups is 1. The molecule has 0 aromatic heterocycles. The fourth-order valence-electron chi connectivity index (χ4n) is 3.40. The molecule has 1 saturated heterocycles. The Kier molecular flexibility index (Phi) is 4.71. The second-order valence-electron chi connectivity index (χ2n) is 6.42. The van der Waals surface area contributed by atoms with Crippen molar-refractivity contribution in [3.05, 3.63) is 0 Å². The molecule has 1 heterocycles. The predicted molar refractivity (Wildman–Crippen MR) is 77.0 cm³/mol. The lowest BCUT2D eigenvalue weighted by atomic mass is 9.85. The summed E-state index contributed by atoms with van der Waals surface area (Å²) in [6, 6.07) is 0. The van der Waals surface area contributed by atoms with Gasteiger partial charge in [-0.05, 0) is 31.6 Å². The summed E-state index contributed by atoms with van der Waals surface area (Å²) in [4.78, 5) is 14.6. The van der Waals surface area contributed by atoms with Crippen molar-refractivity contribution in [3.8, 4) is 0 Å². The van der Waals surface area contributed by atoms with E-state index in [1.165, 1.54) is 0 Å². The third kappa shape index (κ3) is 3.93. The molecule has 1 saturated carbocycles. The van der Waals surface area contributed by atoms with Crippen molar-refractivity contribution >= 4 is 16.1 Å². The number of hydrogen-bond donors (Lipinski definition) is 2. The van der Waals surface area contributed by atoms with Crippen molar-refractivity contribution < 1.29 is 13.2 Å². The van der Waals surface area contributed by atoms with Crippen molar-refractivity contribution in [3.63, 3.8) is 0 Å². The summed E-state index contributed by atoms with van der Waals surface area (Å²) < 4.78 is 24.2. The van der Waals surface area contributed by atoms with Gasteiger partial charge in [-0.1, -0.05) is 19.8 Å². The first kappa shape index (κ1) is 15.7. The highest BCUT2D eigenvalue weighted by Gasteiger charge is 2.40. The first-order valence-corrected chi connectivity index (χ1v) is 8.92. The smallest absolute Gasteiger partial charge is 0.274 e. The zero-order chi connectivity index (χ0) is 14.8. The second-order valence-corrected chi connectivity index (χ2v) is 7.80. The van der Waals surface area contributed by atoms with E-state index in [-0.39, 0.29) is 17.2 Å². The minimum atomic E-state index is -3.64. The molecule has 1 aliphatic heterocycles. The van der Waals surface area contributed by atoms with Gasteiger partial charge in [-0.25, -0.2) is 9.86 Å². The fraction of sp³-hybridized carbons (Fsp3) is 0.923. The van der Waals surface area contributed by atoms with E-state index < -0.39 is 10.2 Å². The van der Waals surface area contributed by atoms with Gasteiger partial charge in [-0.3, -0.25) is 4.79 Å². The van der Waals surface area contributed by atoms with Gasteiger partial charge in [0, 0.05) is 25.0 Å². The number of rotatable bonds is 4. The van der Waals surface area contributed by atoms with E-state index in [4.69, 9.17) is 5.14 Å². The molecule has 0 radical (unpaired) electrons. The highest BCUT2D eigenvalue weighted by atomic mass is 32.2. The summed E-state index contributed by atoms with van der Waals surface area (Å²) in [7, 11) is -3.64. The number of piperidine rings is 1. The lowest BCUT2D eigenvalue weighted by molar-refractivity contribution is -0.142. The van der Waals surface area contributed by atoms with Crippen molar-refractivity contribution in [1.29, 1.82) is 0 Å². The quantitative estimate of drug-likeness (QED) is 0.796. The number of hydrogen-bond acceptors (Lipinski definition) is 3.